The summed E-state index contributed by atoms with van der Waals surface area (Å²) in [6.45, 7) is 6.63. The van der Waals surface area contributed by atoms with E-state index in [4.69, 9.17) is 4.74 Å². The quantitative estimate of drug-likeness (QED) is 0.506. The number of hydrogen-bond donors (Lipinski definition) is 2. The van der Waals surface area contributed by atoms with Gasteiger partial charge in [0.05, 0.1) is 31.7 Å². The minimum absolute atomic E-state index is 0.0757. The van der Waals surface area contributed by atoms with Crippen molar-refractivity contribution in [2.45, 2.75) is 45.8 Å². The van der Waals surface area contributed by atoms with Crippen LogP contribution in [-0.4, -0.2) is 87.6 Å². The van der Waals surface area contributed by atoms with Gasteiger partial charge < -0.3 is 25.2 Å². The third kappa shape index (κ3) is 8.62. The van der Waals surface area contributed by atoms with Crippen LogP contribution in [0.4, 0.5) is 0 Å². The van der Waals surface area contributed by atoms with Gasteiger partial charge in [0.25, 0.3) is 0 Å². The van der Waals surface area contributed by atoms with Crippen molar-refractivity contribution < 1.29 is 19.1 Å². The molecule has 0 rings (SSSR count). The van der Waals surface area contributed by atoms with Crippen LogP contribution in [0, 0.1) is 5.92 Å². The van der Waals surface area contributed by atoms with E-state index in [0.717, 1.165) is 6.42 Å². The van der Waals surface area contributed by atoms with E-state index in [1.165, 1.54) is 0 Å². The zero-order valence-corrected chi connectivity index (χ0v) is 17.3. The lowest BCUT2D eigenvalue weighted by molar-refractivity contribution is -0.139. The molecule has 3 atom stereocenters. The van der Waals surface area contributed by atoms with Gasteiger partial charge in [0.15, 0.2) is 0 Å². The van der Waals surface area contributed by atoms with Crippen LogP contribution in [0.5, 0.6) is 0 Å². The van der Waals surface area contributed by atoms with Gasteiger partial charge >= 0.3 is 0 Å². The van der Waals surface area contributed by atoms with E-state index in [9.17, 15) is 14.4 Å². The molecule has 0 spiro atoms. The van der Waals surface area contributed by atoms with Crippen LogP contribution in [0.15, 0.2) is 0 Å². The Balaban J connectivity index is 5.05. The number of likely N-dealkylation sites (N-methyl/N-ethyl adjacent to an activating group) is 2. The molecule has 0 aliphatic rings. The molecule has 0 saturated carbocycles. The Morgan fingerprint density at radius 2 is 1.65 bits per heavy atom. The smallest absolute Gasteiger partial charge is 0.242 e. The van der Waals surface area contributed by atoms with Crippen LogP contribution in [-0.2, 0) is 19.1 Å². The Kier molecular flexibility index (Phi) is 11.8. The number of nitrogens with zero attached hydrogens (tertiary/aromatic N) is 2. The lowest BCUT2D eigenvalue weighted by atomic mass is 9.91. The summed E-state index contributed by atoms with van der Waals surface area (Å²) in [7, 11) is 6.82. The number of carbonyl (C=O) groups is 3. The molecule has 0 aromatic rings. The van der Waals surface area contributed by atoms with Crippen molar-refractivity contribution in [3.05, 3.63) is 0 Å². The maximum atomic E-state index is 12.6. The van der Waals surface area contributed by atoms with E-state index < -0.39 is 6.10 Å². The van der Waals surface area contributed by atoms with Crippen LogP contribution >= 0.6 is 0 Å². The molecule has 3 amide bonds. The second-order valence-corrected chi connectivity index (χ2v) is 6.83. The predicted molar refractivity (Wildman–Crippen MR) is 102 cm³/mol. The lowest BCUT2D eigenvalue weighted by Gasteiger charge is -2.37. The van der Waals surface area contributed by atoms with E-state index in [0.29, 0.717) is 6.54 Å². The van der Waals surface area contributed by atoms with Crippen molar-refractivity contribution in [2.75, 3.05) is 47.9 Å². The fraction of sp³-hybridized carbons (Fsp3) is 0.833. The molecule has 0 aromatic carbocycles. The maximum Gasteiger partial charge on any atom is 0.242 e. The molecule has 3 unspecified atom stereocenters. The van der Waals surface area contributed by atoms with Gasteiger partial charge in [-0.2, -0.15) is 0 Å². The highest BCUT2D eigenvalue weighted by Gasteiger charge is 2.33. The van der Waals surface area contributed by atoms with Crippen molar-refractivity contribution in [1.82, 2.24) is 20.4 Å². The van der Waals surface area contributed by atoms with Crippen LogP contribution < -0.4 is 10.6 Å². The molecule has 0 aromatic heterocycles. The van der Waals surface area contributed by atoms with Crippen molar-refractivity contribution in [3.8, 4) is 0 Å². The Hall–Kier alpha value is -1.67. The number of methoxy groups -OCH3 is 1. The fourth-order valence-corrected chi connectivity index (χ4v) is 2.84. The van der Waals surface area contributed by atoms with Crippen molar-refractivity contribution in [2.24, 2.45) is 5.92 Å². The van der Waals surface area contributed by atoms with Gasteiger partial charge in [-0.15, -0.1) is 0 Å². The molecule has 2 N–H and O–H groups in total. The first-order chi connectivity index (χ1) is 12.2. The molecular formula is C18H36N4O4. The van der Waals surface area contributed by atoms with Gasteiger partial charge in [0, 0.05) is 20.7 Å². The zero-order chi connectivity index (χ0) is 20.3. The molecule has 152 valence electrons. The van der Waals surface area contributed by atoms with Crippen molar-refractivity contribution in [1.29, 1.82) is 0 Å². The first kappa shape index (κ1) is 24.3. The zero-order valence-electron chi connectivity index (χ0n) is 17.3. The standard InChI is InChI=1S/C18H36N4O4/c1-8-13(3)18(14(26-7)10-15(23)19-9-2)22(6)17(25)11-20-16(24)12-21(4)5/h13-14,18H,8-12H2,1-7H3,(H,19,23)(H,20,24). The monoisotopic (exact) mass is 372 g/mol. The largest absolute Gasteiger partial charge is 0.379 e. The highest BCUT2D eigenvalue weighted by atomic mass is 16.5. The molecule has 26 heavy (non-hydrogen) atoms. The van der Waals surface area contributed by atoms with Gasteiger partial charge in [0.2, 0.25) is 17.7 Å². The van der Waals surface area contributed by atoms with E-state index >= 15 is 0 Å². The summed E-state index contributed by atoms with van der Waals surface area (Å²) in [5.74, 6) is -0.378. The number of rotatable bonds is 12. The molecule has 0 heterocycles. The average molecular weight is 373 g/mol. The molecular weight excluding hydrogens is 336 g/mol. The summed E-state index contributed by atoms with van der Waals surface area (Å²) in [5.41, 5.74) is 0. The summed E-state index contributed by atoms with van der Waals surface area (Å²) in [4.78, 5) is 39.6. The highest BCUT2D eigenvalue weighted by Crippen LogP contribution is 2.21. The van der Waals surface area contributed by atoms with Crippen molar-refractivity contribution in [3.63, 3.8) is 0 Å². The van der Waals surface area contributed by atoms with Crippen molar-refractivity contribution >= 4 is 17.7 Å². The number of ether oxygens (including phenoxy) is 1. The van der Waals surface area contributed by atoms with Crippen LogP contribution in [0.1, 0.15) is 33.6 Å². The Bertz CT molecular complexity index is 456. The molecule has 0 aliphatic heterocycles. The fourth-order valence-electron chi connectivity index (χ4n) is 2.84. The van der Waals surface area contributed by atoms with Crippen LogP contribution in [0.25, 0.3) is 0 Å². The SMILES string of the molecule is CCNC(=O)CC(OC)C(C(C)CC)N(C)C(=O)CNC(=O)CN(C)C. The third-order valence-corrected chi connectivity index (χ3v) is 4.41. The van der Waals surface area contributed by atoms with Gasteiger partial charge in [-0.05, 0) is 26.9 Å². The number of carbonyl (C=O) groups excluding carboxylic acids is 3. The summed E-state index contributed by atoms with van der Waals surface area (Å²) >= 11 is 0. The average Bonchev–Trinajstić information content (AvgIpc) is 2.57. The second kappa shape index (κ2) is 12.6. The van der Waals surface area contributed by atoms with E-state index in [1.54, 1.807) is 38.1 Å². The highest BCUT2D eigenvalue weighted by molar-refractivity contribution is 5.85. The second-order valence-electron chi connectivity index (χ2n) is 6.83. The number of nitrogens with one attached hydrogen (secondary N) is 2. The van der Waals surface area contributed by atoms with E-state index in [-0.39, 0.29) is 49.2 Å². The molecule has 8 heteroatoms. The van der Waals surface area contributed by atoms with Gasteiger partial charge in [-0.1, -0.05) is 20.3 Å². The topological polar surface area (TPSA) is 91.0 Å². The molecule has 0 bridgehead atoms. The van der Waals surface area contributed by atoms with Crippen LogP contribution in [0.3, 0.4) is 0 Å². The molecule has 0 radical (unpaired) electrons. The van der Waals surface area contributed by atoms with E-state index in [2.05, 4.69) is 10.6 Å². The first-order valence-corrected chi connectivity index (χ1v) is 9.14. The van der Waals surface area contributed by atoms with Gasteiger partial charge in [0.1, 0.15) is 0 Å². The molecule has 8 nitrogen and oxygen atoms in total. The summed E-state index contributed by atoms with van der Waals surface area (Å²) in [6, 6.07) is -0.258. The third-order valence-electron chi connectivity index (χ3n) is 4.41. The van der Waals surface area contributed by atoms with Gasteiger partial charge in [-0.3, -0.25) is 14.4 Å². The summed E-state index contributed by atoms with van der Waals surface area (Å²) < 4.78 is 5.55. The summed E-state index contributed by atoms with van der Waals surface area (Å²) in [6.07, 6.45) is 0.608. The number of amides is 3. The van der Waals surface area contributed by atoms with E-state index in [1.807, 2.05) is 20.8 Å². The minimum Gasteiger partial charge on any atom is -0.379 e. The molecule has 0 fully saturated rings. The Morgan fingerprint density at radius 3 is 2.12 bits per heavy atom. The predicted octanol–water partition coefficient (Wildman–Crippen LogP) is 0.0785. The first-order valence-electron chi connectivity index (χ1n) is 9.14. The number of hydrogen-bond acceptors (Lipinski definition) is 5. The Labute approximate surface area is 157 Å². The molecule has 0 saturated heterocycles. The van der Waals surface area contributed by atoms with Crippen LogP contribution in [0.2, 0.25) is 0 Å². The lowest BCUT2D eigenvalue weighted by Crippen LogP contribution is -2.53. The minimum atomic E-state index is -0.414. The Morgan fingerprint density at radius 1 is 1.04 bits per heavy atom. The summed E-state index contributed by atoms with van der Waals surface area (Å²) in [5, 5.41) is 5.40. The van der Waals surface area contributed by atoms with Gasteiger partial charge in [-0.25, -0.2) is 0 Å². The normalized spacial score (nSPS) is 14.5. The maximum absolute atomic E-state index is 12.6. The molecule has 0 aliphatic carbocycles.